The standard InChI is InChI=1S/C30H36I2N2S2/c1-33-21-19-27(23-13-9-11-15-25(23)33)35-29(31)17-7-5-3-4-6-8-18-30(32)36-28-20-22-34(2)26-16-12-10-14-24(26)28/h9-16,19-22,29-30H,3-8,17-18H2,1-2H3/q+2. The van der Waals surface area contributed by atoms with Crippen molar-refractivity contribution in [3.05, 3.63) is 73.1 Å². The molecule has 2 heterocycles. The molecule has 0 saturated carbocycles. The molecule has 0 aliphatic rings. The molecule has 4 rings (SSSR count). The van der Waals surface area contributed by atoms with Crippen LogP contribution in [0.25, 0.3) is 21.8 Å². The van der Waals surface area contributed by atoms with E-state index in [2.05, 4.69) is 141 Å². The van der Waals surface area contributed by atoms with Crippen molar-refractivity contribution in [3.8, 4) is 0 Å². The number of fused-ring (bicyclic) bond motifs is 2. The van der Waals surface area contributed by atoms with E-state index >= 15 is 0 Å². The van der Waals surface area contributed by atoms with Crippen molar-refractivity contribution >= 4 is 90.5 Å². The number of hydrogen-bond acceptors (Lipinski definition) is 2. The van der Waals surface area contributed by atoms with E-state index in [0.29, 0.717) is 6.51 Å². The van der Waals surface area contributed by atoms with Gasteiger partial charge in [0.25, 0.3) is 0 Å². The first kappa shape index (κ1) is 28.4. The van der Waals surface area contributed by atoms with E-state index in [9.17, 15) is 0 Å². The lowest BCUT2D eigenvalue weighted by molar-refractivity contribution is -0.645. The zero-order chi connectivity index (χ0) is 25.3. The molecule has 36 heavy (non-hydrogen) atoms. The fourth-order valence-electron chi connectivity index (χ4n) is 4.59. The lowest BCUT2D eigenvalue weighted by atomic mass is 10.1. The van der Waals surface area contributed by atoms with Crippen LogP contribution in [0.15, 0.2) is 82.8 Å². The molecule has 2 aromatic carbocycles. The molecular formula is C30H36I2N2S2+2. The number of aryl methyl sites for hydroxylation is 2. The smallest absolute Gasteiger partial charge is 0.201 e. The summed E-state index contributed by atoms with van der Waals surface area (Å²) >= 11 is 9.33. The van der Waals surface area contributed by atoms with Gasteiger partial charge in [-0.3, -0.25) is 0 Å². The zero-order valence-corrected chi connectivity index (χ0v) is 27.2. The van der Waals surface area contributed by atoms with Crippen molar-refractivity contribution in [3.63, 3.8) is 0 Å². The molecule has 2 nitrogen and oxygen atoms in total. The van der Waals surface area contributed by atoms with E-state index in [1.165, 1.54) is 83.0 Å². The number of hydrogen-bond donors (Lipinski definition) is 0. The topological polar surface area (TPSA) is 7.76 Å². The van der Waals surface area contributed by atoms with E-state index in [4.69, 9.17) is 0 Å². The molecular weight excluding hydrogens is 706 g/mol. The second-order valence-corrected chi connectivity index (χ2v) is 16.6. The van der Waals surface area contributed by atoms with Gasteiger partial charge in [0.1, 0.15) is 14.1 Å². The fraction of sp³-hybridized carbons (Fsp3) is 0.400. The minimum absolute atomic E-state index is 0.631. The molecule has 0 bridgehead atoms. The predicted octanol–water partition coefficient (Wildman–Crippen LogP) is 9.17. The maximum atomic E-state index is 2.64. The lowest BCUT2D eigenvalue weighted by Gasteiger charge is -2.12. The van der Waals surface area contributed by atoms with Gasteiger partial charge in [-0.25, -0.2) is 9.13 Å². The van der Waals surface area contributed by atoms with Gasteiger partial charge < -0.3 is 0 Å². The van der Waals surface area contributed by atoms with Crippen LogP contribution in [-0.4, -0.2) is 6.51 Å². The summed E-state index contributed by atoms with van der Waals surface area (Å²) in [6, 6.07) is 22.0. The van der Waals surface area contributed by atoms with Gasteiger partial charge in [0.2, 0.25) is 11.0 Å². The molecule has 0 saturated heterocycles. The third-order valence-electron chi connectivity index (χ3n) is 6.62. The average molecular weight is 743 g/mol. The third-order valence-corrected chi connectivity index (χ3v) is 11.6. The molecule has 2 aromatic heterocycles. The van der Waals surface area contributed by atoms with E-state index < -0.39 is 0 Å². The Labute approximate surface area is 252 Å². The predicted molar refractivity (Wildman–Crippen MR) is 175 cm³/mol. The first-order valence-corrected chi connectivity index (χ1v) is 17.1. The van der Waals surface area contributed by atoms with Gasteiger partial charge in [0.15, 0.2) is 12.4 Å². The van der Waals surface area contributed by atoms with Crippen LogP contribution in [0.2, 0.25) is 0 Å². The van der Waals surface area contributed by atoms with Gasteiger partial charge in [0, 0.05) is 34.1 Å². The number of aromatic nitrogens is 2. The first-order valence-electron chi connectivity index (χ1n) is 12.9. The quantitative estimate of drug-likeness (QED) is 0.0444. The molecule has 0 spiro atoms. The van der Waals surface area contributed by atoms with Gasteiger partial charge in [-0.1, -0.05) is 108 Å². The number of thioether (sulfide) groups is 2. The van der Waals surface area contributed by atoms with E-state index in [1.807, 2.05) is 23.5 Å². The SMILES string of the molecule is C[n+]1ccc(SC(I)CCCCCCCCC(I)Sc2cc[n+](C)c3ccccc23)c2ccccc21. The van der Waals surface area contributed by atoms with Crippen LogP contribution in [0.3, 0.4) is 0 Å². The van der Waals surface area contributed by atoms with Gasteiger partial charge in [0.05, 0.1) is 17.3 Å². The molecule has 0 amide bonds. The Morgan fingerprint density at radius 2 is 0.972 bits per heavy atom. The summed E-state index contributed by atoms with van der Waals surface area (Å²) in [4.78, 5) is 2.82. The Morgan fingerprint density at radius 1 is 0.583 bits per heavy atom. The Balaban J connectivity index is 1.10. The number of pyridine rings is 2. The van der Waals surface area contributed by atoms with Crippen LogP contribution in [0.1, 0.15) is 51.4 Å². The lowest BCUT2D eigenvalue weighted by Crippen LogP contribution is -2.28. The maximum Gasteiger partial charge on any atom is 0.213 e. The summed E-state index contributed by atoms with van der Waals surface area (Å²) in [7, 11) is 4.25. The second-order valence-electron chi connectivity index (χ2n) is 9.37. The highest BCUT2D eigenvalue weighted by atomic mass is 127. The maximum absolute atomic E-state index is 2.64. The Morgan fingerprint density at radius 3 is 1.42 bits per heavy atom. The van der Waals surface area contributed by atoms with Crippen LogP contribution in [-0.2, 0) is 14.1 Å². The monoisotopic (exact) mass is 742 g/mol. The molecule has 190 valence electrons. The Hall–Kier alpha value is -0.580. The van der Waals surface area contributed by atoms with Crippen molar-refractivity contribution in [1.29, 1.82) is 0 Å². The molecule has 0 N–H and O–H groups in total. The summed E-state index contributed by atoms with van der Waals surface area (Å²) in [6.45, 7) is 0. The number of para-hydroxylation sites is 2. The van der Waals surface area contributed by atoms with Crippen molar-refractivity contribution in [2.75, 3.05) is 0 Å². The highest BCUT2D eigenvalue weighted by Crippen LogP contribution is 2.36. The van der Waals surface area contributed by atoms with E-state index in [1.54, 1.807) is 0 Å². The van der Waals surface area contributed by atoms with E-state index in [0.717, 1.165) is 0 Å². The summed E-state index contributed by atoms with van der Waals surface area (Å²) < 4.78 is 5.69. The highest BCUT2D eigenvalue weighted by molar-refractivity contribution is 14.1. The molecule has 0 fully saturated rings. The average Bonchev–Trinajstić information content (AvgIpc) is 2.89. The Kier molecular flexibility index (Phi) is 11.5. The molecule has 0 radical (unpaired) electrons. The molecule has 4 aromatic rings. The largest absolute Gasteiger partial charge is 0.213 e. The van der Waals surface area contributed by atoms with Crippen molar-refractivity contribution in [2.45, 2.75) is 67.7 Å². The number of alkyl halides is 2. The third kappa shape index (κ3) is 7.96. The zero-order valence-electron chi connectivity index (χ0n) is 21.2. The molecule has 2 unspecified atom stereocenters. The van der Waals surface area contributed by atoms with Crippen LogP contribution in [0.5, 0.6) is 0 Å². The van der Waals surface area contributed by atoms with Gasteiger partial charge >= 0.3 is 0 Å². The second kappa shape index (κ2) is 14.5. The first-order chi connectivity index (χ1) is 17.5. The molecule has 0 aliphatic carbocycles. The van der Waals surface area contributed by atoms with Crippen LogP contribution < -0.4 is 9.13 Å². The number of halogens is 2. The number of rotatable bonds is 13. The molecule has 6 heteroatoms. The van der Waals surface area contributed by atoms with Crippen LogP contribution in [0, 0.1) is 0 Å². The number of nitrogens with zero attached hydrogens (tertiary/aromatic N) is 2. The summed E-state index contributed by atoms with van der Waals surface area (Å²) in [5, 5.41) is 2.74. The van der Waals surface area contributed by atoms with Crippen molar-refractivity contribution in [1.82, 2.24) is 0 Å². The Bertz CT molecular complexity index is 1180. The van der Waals surface area contributed by atoms with E-state index in [-0.39, 0.29) is 0 Å². The number of unbranched alkanes of at least 4 members (excludes halogenated alkanes) is 5. The molecule has 2 atom stereocenters. The minimum atomic E-state index is 0.631. The summed E-state index contributed by atoms with van der Waals surface area (Å²) in [6.07, 6.45) is 15.1. The summed E-state index contributed by atoms with van der Waals surface area (Å²) in [5.74, 6) is 0. The normalized spacial score (nSPS) is 13.3. The van der Waals surface area contributed by atoms with Gasteiger partial charge in [-0.15, -0.1) is 23.5 Å². The van der Waals surface area contributed by atoms with Crippen molar-refractivity contribution in [2.24, 2.45) is 14.1 Å². The van der Waals surface area contributed by atoms with Crippen LogP contribution in [0.4, 0.5) is 0 Å². The van der Waals surface area contributed by atoms with Crippen LogP contribution >= 0.6 is 68.7 Å². The van der Waals surface area contributed by atoms with Gasteiger partial charge in [-0.05, 0) is 25.0 Å². The number of benzene rings is 2. The van der Waals surface area contributed by atoms with Gasteiger partial charge in [-0.2, -0.15) is 0 Å². The van der Waals surface area contributed by atoms with Crippen molar-refractivity contribution < 1.29 is 9.13 Å². The molecule has 0 aliphatic heterocycles. The summed E-state index contributed by atoms with van der Waals surface area (Å²) in [5.41, 5.74) is 2.62. The minimum Gasteiger partial charge on any atom is -0.201 e. The fourth-order valence-corrected chi connectivity index (χ4v) is 9.12. The highest BCUT2D eigenvalue weighted by Gasteiger charge is 2.14.